The van der Waals surface area contributed by atoms with Crippen LogP contribution in [-0.4, -0.2) is 40.1 Å². The van der Waals surface area contributed by atoms with Gasteiger partial charge >= 0.3 is 0 Å². The van der Waals surface area contributed by atoms with Crippen LogP contribution < -0.4 is 10.2 Å². The Kier molecular flexibility index (Phi) is 4.94. The summed E-state index contributed by atoms with van der Waals surface area (Å²) in [5, 5.41) is 4.14. The van der Waals surface area contributed by atoms with E-state index in [2.05, 4.69) is 5.32 Å². The fraction of sp³-hybridized carbons (Fsp3) is 0.571. The molecular formula is C14H21ClN2O2S. The predicted octanol–water partition coefficient (Wildman–Crippen LogP) is 2.07. The Morgan fingerprint density at radius 3 is 2.70 bits per heavy atom. The molecule has 0 spiro atoms. The molecule has 112 valence electrons. The molecule has 1 aliphatic rings. The van der Waals surface area contributed by atoms with E-state index in [-0.39, 0.29) is 5.75 Å². The van der Waals surface area contributed by atoms with Crippen LogP contribution in [0.3, 0.4) is 0 Å². The standard InChI is InChI=1S/C14H21ClN2O2S/c1-17(7-8-20(2,18)19)14-9-12(15)4-3-11(14)10-16-13-5-6-13/h3-4,9,13,16H,5-8,10H2,1-2H3. The first kappa shape index (κ1) is 15.6. The van der Waals surface area contributed by atoms with Crippen LogP contribution in [0.4, 0.5) is 5.69 Å². The van der Waals surface area contributed by atoms with Crippen molar-refractivity contribution in [2.45, 2.75) is 25.4 Å². The van der Waals surface area contributed by atoms with Crippen molar-refractivity contribution >= 4 is 27.1 Å². The van der Waals surface area contributed by atoms with Crippen LogP contribution in [-0.2, 0) is 16.4 Å². The number of sulfone groups is 1. The number of hydrogen-bond donors (Lipinski definition) is 1. The maximum absolute atomic E-state index is 11.3. The molecule has 2 rings (SSSR count). The third-order valence-electron chi connectivity index (χ3n) is 3.41. The Hall–Kier alpha value is -0.780. The molecule has 1 aromatic carbocycles. The van der Waals surface area contributed by atoms with Gasteiger partial charge in [-0.1, -0.05) is 17.7 Å². The lowest BCUT2D eigenvalue weighted by Gasteiger charge is -2.22. The molecular weight excluding hydrogens is 296 g/mol. The van der Waals surface area contributed by atoms with Crippen molar-refractivity contribution in [3.05, 3.63) is 28.8 Å². The van der Waals surface area contributed by atoms with Crippen LogP contribution in [0.1, 0.15) is 18.4 Å². The zero-order valence-electron chi connectivity index (χ0n) is 11.9. The maximum Gasteiger partial charge on any atom is 0.149 e. The van der Waals surface area contributed by atoms with E-state index in [0.29, 0.717) is 17.6 Å². The minimum atomic E-state index is -2.96. The van der Waals surface area contributed by atoms with Crippen molar-refractivity contribution in [3.8, 4) is 0 Å². The lowest BCUT2D eigenvalue weighted by atomic mass is 10.1. The minimum absolute atomic E-state index is 0.144. The average molecular weight is 317 g/mol. The third-order valence-corrected chi connectivity index (χ3v) is 4.57. The van der Waals surface area contributed by atoms with E-state index in [1.165, 1.54) is 19.1 Å². The van der Waals surface area contributed by atoms with Crippen molar-refractivity contribution < 1.29 is 8.42 Å². The van der Waals surface area contributed by atoms with Gasteiger partial charge in [-0.2, -0.15) is 0 Å². The first-order valence-electron chi connectivity index (χ1n) is 6.76. The molecule has 0 unspecified atom stereocenters. The zero-order valence-corrected chi connectivity index (χ0v) is 13.5. The molecule has 1 aromatic rings. The fourth-order valence-electron chi connectivity index (χ4n) is 2.01. The normalized spacial score (nSPS) is 15.3. The van der Waals surface area contributed by atoms with Crippen molar-refractivity contribution in [2.75, 3.05) is 30.5 Å². The molecule has 0 aromatic heterocycles. The van der Waals surface area contributed by atoms with Gasteiger partial charge in [-0.05, 0) is 30.5 Å². The lowest BCUT2D eigenvalue weighted by molar-refractivity contribution is 0.601. The zero-order chi connectivity index (χ0) is 14.8. The Morgan fingerprint density at radius 2 is 2.10 bits per heavy atom. The topological polar surface area (TPSA) is 49.4 Å². The predicted molar refractivity (Wildman–Crippen MR) is 84.3 cm³/mol. The summed E-state index contributed by atoms with van der Waals surface area (Å²) < 4.78 is 22.6. The molecule has 0 atom stereocenters. The third kappa shape index (κ3) is 4.96. The van der Waals surface area contributed by atoms with Gasteiger partial charge in [-0.3, -0.25) is 0 Å². The van der Waals surface area contributed by atoms with Gasteiger partial charge in [0.15, 0.2) is 0 Å². The maximum atomic E-state index is 11.3. The van der Waals surface area contributed by atoms with E-state index < -0.39 is 9.84 Å². The smallest absolute Gasteiger partial charge is 0.149 e. The Morgan fingerprint density at radius 1 is 1.40 bits per heavy atom. The summed E-state index contributed by atoms with van der Waals surface area (Å²) in [4.78, 5) is 1.96. The summed E-state index contributed by atoms with van der Waals surface area (Å²) in [5.74, 6) is 0.144. The van der Waals surface area contributed by atoms with Gasteiger partial charge in [0, 0.05) is 43.1 Å². The van der Waals surface area contributed by atoms with Gasteiger partial charge in [-0.15, -0.1) is 0 Å². The summed E-state index contributed by atoms with van der Waals surface area (Å²) >= 11 is 6.06. The van der Waals surface area contributed by atoms with Crippen LogP contribution in [0, 0.1) is 0 Å². The molecule has 0 bridgehead atoms. The fourth-order valence-corrected chi connectivity index (χ4v) is 2.78. The van der Waals surface area contributed by atoms with E-state index in [9.17, 15) is 8.42 Å². The number of nitrogens with zero attached hydrogens (tertiary/aromatic N) is 1. The summed E-state index contributed by atoms with van der Waals surface area (Å²) in [6, 6.07) is 6.41. The number of anilines is 1. The van der Waals surface area contributed by atoms with E-state index >= 15 is 0 Å². The van der Waals surface area contributed by atoms with Crippen molar-refractivity contribution in [1.82, 2.24) is 5.32 Å². The van der Waals surface area contributed by atoms with Crippen LogP contribution in [0.5, 0.6) is 0 Å². The molecule has 4 nitrogen and oxygen atoms in total. The number of nitrogens with one attached hydrogen (secondary N) is 1. The average Bonchev–Trinajstić information content (AvgIpc) is 3.17. The summed E-state index contributed by atoms with van der Waals surface area (Å²) in [7, 11) is -1.06. The number of hydrogen-bond acceptors (Lipinski definition) is 4. The molecule has 1 fully saturated rings. The Labute approximate surface area is 126 Å². The van der Waals surface area contributed by atoms with Gasteiger partial charge in [0.05, 0.1) is 5.75 Å². The number of halogens is 1. The lowest BCUT2D eigenvalue weighted by Crippen LogP contribution is -2.27. The van der Waals surface area contributed by atoms with Crippen LogP contribution >= 0.6 is 11.6 Å². The van der Waals surface area contributed by atoms with Gasteiger partial charge in [0.2, 0.25) is 0 Å². The highest BCUT2D eigenvalue weighted by molar-refractivity contribution is 7.90. The molecule has 6 heteroatoms. The number of rotatable bonds is 7. The first-order valence-corrected chi connectivity index (χ1v) is 9.20. The Balaban J connectivity index is 2.08. The first-order chi connectivity index (χ1) is 9.35. The molecule has 0 radical (unpaired) electrons. The van der Waals surface area contributed by atoms with E-state index in [0.717, 1.165) is 17.8 Å². The quantitative estimate of drug-likeness (QED) is 0.836. The summed E-state index contributed by atoms with van der Waals surface area (Å²) in [6.07, 6.45) is 3.74. The molecule has 0 amide bonds. The van der Waals surface area contributed by atoms with Gasteiger partial charge < -0.3 is 10.2 Å². The molecule has 1 aliphatic carbocycles. The van der Waals surface area contributed by atoms with E-state index in [1.54, 1.807) is 0 Å². The highest BCUT2D eigenvalue weighted by Gasteiger charge is 2.21. The molecule has 1 saturated carbocycles. The molecule has 0 heterocycles. The second-order valence-electron chi connectivity index (χ2n) is 5.48. The van der Waals surface area contributed by atoms with Crippen LogP contribution in [0.2, 0.25) is 5.02 Å². The number of benzene rings is 1. The summed E-state index contributed by atoms with van der Waals surface area (Å²) in [6.45, 7) is 1.26. The largest absolute Gasteiger partial charge is 0.373 e. The summed E-state index contributed by atoms with van der Waals surface area (Å²) in [5.41, 5.74) is 2.15. The highest BCUT2D eigenvalue weighted by Crippen LogP contribution is 2.26. The van der Waals surface area contributed by atoms with Crippen molar-refractivity contribution in [3.63, 3.8) is 0 Å². The van der Waals surface area contributed by atoms with Crippen molar-refractivity contribution in [1.29, 1.82) is 0 Å². The molecule has 0 saturated heterocycles. The van der Waals surface area contributed by atoms with E-state index in [1.807, 2.05) is 30.1 Å². The molecule has 1 N–H and O–H groups in total. The van der Waals surface area contributed by atoms with Gasteiger partial charge in [0.1, 0.15) is 9.84 Å². The second-order valence-corrected chi connectivity index (χ2v) is 8.18. The molecule has 0 aliphatic heterocycles. The van der Waals surface area contributed by atoms with E-state index in [4.69, 9.17) is 11.6 Å². The van der Waals surface area contributed by atoms with Crippen LogP contribution in [0.25, 0.3) is 0 Å². The second kappa shape index (κ2) is 6.33. The minimum Gasteiger partial charge on any atom is -0.373 e. The molecule has 20 heavy (non-hydrogen) atoms. The monoisotopic (exact) mass is 316 g/mol. The van der Waals surface area contributed by atoms with Crippen LogP contribution in [0.15, 0.2) is 18.2 Å². The van der Waals surface area contributed by atoms with Gasteiger partial charge in [-0.25, -0.2) is 8.42 Å². The highest BCUT2D eigenvalue weighted by atomic mass is 35.5. The van der Waals surface area contributed by atoms with Crippen molar-refractivity contribution in [2.24, 2.45) is 0 Å². The SMILES string of the molecule is CN(CCS(C)(=O)=O)c1cc(Cl)ccc1CNC1CC1. The van der Waals surface area contributed by atoms with Gasteiger partial charge in [0.25, 0.3) is 0 Å². The Bertz CT molecular complexity index is 571.